The fourth-order valence-electron chi connectivity index (χ4n) is 1.86. The zero-order valence-electron chi connectivity index (χ0n) is 12.0. The zero-order chi connectivity index (χ0) is 14.9. The van der Waals surface area contributed by atoms with Crippen molar-refractivity contribution in [1.82, 2.24) is 9.78 Å². The van der Waals surface area contributed by atoms with Crippen molar-refractivity contribution in [3.63, 3.8) is 0 Å². The molecule has 0 fully saturated rings. The number of nitrogens with zero attached hydrogens (tertiary/aromatic N) is 3. The maximum absolute atomic E-state index is 8.59. The molecular weight excluding hydrogens is 268 g/mol. The number of hydrogen-bond acceptors (Lipinski definition) is 5. The van der Waals surface area contributed by atoms with E-state index in [1.807, 2.05) is 41.2 Å². The van der Waals surface area contributed by atoms with E-state index in [4.69, 9.17) is 14.7 Å². The van der Waals surface area contributed by atoms with Gasteiger partial charge in [0.1, 0.15) is 11.8 Å². The molecule has 6 heteroatoms. The van der Waals surface area contributed by atoms with Gasteiger partial charge in [0.25, 0.3) is 0 Å². The van der Waals surface area contributed by atoms with Crippen LogP contribution in [0.5, 0.6) is 5.75 Å². The first-order chi connectivity index (χ1) is 10.3. The Labute approximate surface area is 123 Å². The first kappa shape index (κ1) is 14.9. The molecule has 0 aliphatic heterocycles. The summed E-state index contributed by atoms with van der Waals surface area (Å²) in [5.41, 5.74) is 1.93. The van der Waals surface area contributed by atoms with Gasteiger partial charge in [-0.3, -0.25) is 4.68 Å². The Balaban J connectivity index is 1.93. The Hall–Kier alpha value is -2.52. The van der Waals surface area contributed by atoms with Crippen molar-refractivity contribution in [2.45, 2.75) is 13.1 Å². The number of ether oxygens (including phenoxy) is 2. The molecular formula is C15H18N4O2. The number of nitriles is 1. The van der Waals surface area contributed by atoms with Gasteiger partial charge in [-0.05, 0) is 6.07 Å². The second-order valence-electron chi connectivity index (χ2n) is 4.39. The number of anilines is 1. The summed E-state index contributed by atoms with van der Waals surface area (Å²) in [6.07, 6.45) is 3.70. The van der Waals surface area contributed by atoms with Gasteiger partial charge in [0.05, 0.1) is 25.0 Å². The molecule has 1 aromatic carbocycles. The van der Waals surface area contributed by atoms with E-state index in [1.165, 1.54) is 0 Å². The molecule has 2 rings (SSSR count). The van der Waals surface area contributed by atoms with Crippen LogP contribution < -0.4 is 10.1 Å². The summed E-state index contributed by atoms with van der Waals surface area (Å²) >= 11 is 0. The van der Waals surface area contributed by atoms with Crippen molar-refractivity contribution in [2.24, 2.45) is 0 Å². The highest BCUT2D eigenvalue weighted by molar-refractivity contribution is 5.42. The molecule has 0 radical (unpaired) electrons. The van der Waals surface area contributed by atoms with E-state index < -0.39 is 0 Å². The van der Waals surface area contributed by atoms with Crippen molar-refractivity contribution >= 4 is 5.69 Å². The van der Waals surface area contributed by atoms with E-state index in [9.17, 15) is 0 Å². The minimum absolute atomic E-state index is 0.0476. The predicted molar refractivity (Wildman–Crippen MR) is 79.0 cm³/mol. The van der Waals surface area contributed by atoms with Gasteiger partial charge in [-0.1, -0.05) is 18.2 Å². The molecule has 1 N–H and O–H groups in total. The number of hydrogen-bond donors (Lipinski definition) is 1. The van der Waals surface area contributed by atoms with Crippen molar-refractivity contribution in [2.75, 3.05) is 25.6 Å². The van der Waals surface area contributed by atoms with Gasteiger partial charge in [-0.15, -0.1) is 0 Å². The van der Waals surface area contributed by atoms with E-state index in [0.29, 0.717) is 13.2 Å². The number of benzene rings is 1. The van der Waals surface area contributed by atoms with Crippen LogP contribution in [0.4, 0.5) is 5.69 Å². The van der Waals surface area contributed by atoms with Crippen LogP contribution in [0.1, 0.15) is 5.56 Å². The number of rotatable bonds is 8. The molecule has 21 heavy (non-hydrogen) atoms. The van der Waals surface area contributed by atoms with Gasteiger partial charge >= 0.3 is 0 Å². The summed E-state index contributed by atoms with van der Waals surface area (Å²) in [5, 5.41) is 16.1. The Morgan fingerprint density at radius 2 is 2.24 bits per heavy atom. The molecule has 0 amide bonds. The summed E-state index contributed by atoms with van der Waals surface area (Å²) in [6.45, 7) is 2.01. The van der Waals surface area contributed by atoms with E-state index in [1.54, 1.807) is 13.3 Å². The molecule has 0 saturated carbocycles. The smallest absolute Gasteiger partial charge is 0.174 e. The maximum atomic E-state index is 8.59. The molecule has 1 heterocycles. The Kier molecular flexibility index (Phi) is 5.61. The van der Waals surface area contributed by atoms with Crippen LogP contribution in [-0.2, 0) is 17.8 Å². The summed E-state index contributed by atoms with van der Waals surface area (Å²) in [4.78, 5) is 0. The third kappa shape index (κ3) is 4.51. The lowest BCUT2D eigenvalue weighted by Crippen LogP contribution is -2.04. The van der Waals surface area contributed by atoms with E-state index in [0.717, 1.165) is 23.5 Å². The summed E-state index contributed by atoms with van der Waals surface area (Å²) in [5.74, 6) is 0.721. The normalized spacial score (nSPS) is 10.1. The first-order valence-electron chi connectivity index (χ1n) is 6.66. The Morgan fingerprint density at radius 3 is 3.05 bits per heavy atom. The number of para-hydroxylation sites is 1. The third-order valence-electron chi connectivity index (χ3n) is 2.91. The van der Waals surface area contributed by atoms with Gasteiger partial charge in [0, 0.05) is 25.4 Å². The second kappa shape index (κ2) is 7.92. The molecule has 2 aromatic rings. The van der Waals surface area contributed by atoms with Gasteiger partial charge in [0.15, 0.2) is 6.61 Å². The lowest BCUT2D eigenvalue weighted by atomic mass is 10.2. The van der Waals surface area contributed by atoms with Crippen molar-refractivity contribution in [3.05, 3.63) is 42.2 Å². The molecule has 110 valence electrons. The Bertz CT molecular complexity index is 604. The van der Waals surface area contributed by atoms with Gasteiger partial charge < -0.3 is 14.8 Å². The SMILES string of the molecule is COCCn1cc(NCc2ccccc2OCC#N)cn1. The lowest BCUT2D eigenvalue weighted by Gasteiger charge is -2.09. The molecule has 0 aliphatic carbocycles. The third-order valence-corrected chi connectivity index (χ3v) is 2.91. The minimum atomic E-state index is 0.0476. The monoisotopic (exact) mass is 286 g/mol. The highest BCUT2D eigenvalue weighted by Gasteiger charge is 2.04. The molecule has 0 spiro atoms. The largest absolute Gasteiger partial charge is 0.478 e. The quantitative estimate of drug-likeness (QED) is 0.804. The Morgan fingerprint density at radius 1 is 1.38 bits per heavy atom. The molecule has 0 atom stereocenters. The van der Waals surface area contributed by atoms with Gasteiger partial charge in [0.2, 0.25) is 0 Å². The van der Waals surface area contributed by atoms with Crippen LogP contribution in [0.25, 0.3) is 0 Å². The molecule has 0 saturated heterocycles. The average Bonchev–Trinajstić information content (AvgIpc) is 2.97. The maximum Gasteiger partial charge on any atom is 0.174 e. The zero-order valence-corrected chi connectivity index (χ0v) is 12.0. The summed E-state index contributed by atoms with van der Waals surface area (Å²) < 4.78 is 12.2. The lowest BCUT2D eigenvalue weighted by molar-refractivity contribution is 0.183. The van der Waals surface area contributed by atoms with E-state index >= 15 is 0 Å². The fourth-order valence-corrected chi connectivity index (χ4v) is 1.86. The fraction of sp³-hybridized carbons (Fsp3) is 0.333. The van der Waals surface area contributed by atoms with Crippen molar-refractivity contribution in [3.8, 4) is 11.8 Å². The number of nitrogens with one attached hydrogen (secondary N) is 1. The van der Waals surface area contributed by atoms with Crippen LogP contribution in [0.2, 0.25) is 0 Å². The van der Waals surface area contributed by atoms with Crippen LogP contribution in [0, 0.1) is 11.3 Å². The summed E-state index contributed by atoms with van der Waals surface area (Å²) in [7, 11) is 1.67. The van der Waals surface area contributed by atoms with E-state index in [2.05, 4.69) is 10.4 Å². The standard InChI is InChI=1S/C15H18N4O2/c1-20-9-7-19-12-14(11-18-19)17-10-13-4-2-3-5-15(13)21-8-6-16/h2-5,11-12,17H,7-10H2,1H3. The van der Waals surface area contributed by atoms with Crippen LogP contribution in [0.3, 0.4) is 0 Å². The van der Waals surface area contributed by atoms with Crippen LogP contribution in [-0.4, -0.2) is 30.1 Å². The number of methoxy groups -OCH3 is 1. The van der Waals surface area contributed by atoms with Crippen LogP contribution in [0.15, 0.2) is 36.7 Å². The minimum Gasteiger partial charge on any atom is -0.478 e. The average molecular weight is 286 g/mol. The molecule has 0 bridgehead atoms. The number of aromatic nitrogens is 2. The molecule has 0 aliphatic rings. The topological polar surface area (TPSA) is 72.1 Å². The van der Waals surface area contributed by atoms with Gasteiger partial charge in [-0.25, -0.2) is 0 Å². The van der Waals surface area contributed by atoms with Crippen molar-refractivity contribution < 1.29 is 9.47 Å². The van der Waals surface area contributed by atoms with E-state index in [-0.39, 0.29) is 6.61 Å². The van der Waals surface area contributed by atoms with Gasteiger partial charge in [-0.2, -0.15) is 10.4 Å². The van der Waals surface area contributed by atoms with Crippen LogP contribution >= 0.6 is 0 Å². The predicted octanol–water partition coefficient (Wildman–Crippen LogP) is 2.04. The summed E-state index contributed by atoms with van der Waals surface area (Å²) in [6, 6.07) is 9.63. The highest BCUT2D eigenvalue weighted by Crippen LogP contribution is 2.19. The highest BCUT2D eigenvalue weighted by atomic mass is 16.5. The second-order valence-corrected chi connectivity index (χ2v) is 4.39. The molecule has 1 aromatic heterocycles. The molecule has 0 unspecified atom stereocenters. The van der Waals surface area contributed by atoms with Crippen molar-refractivity contribution in [1.29, 1.82) is 5.26 Å². The first-order valence-corrected chi connectivity index (χ1v) is 6.66. The molecule has 6 nitrogen and oxygen atoms in total.